The van der Waals surface area contributed by atoms with Crippen molar-refractivity contribution < 1.29 is 41.7 Å². The number of hydrogen-bond donors (Lipinski definition) is 3. The Labute approximate surface area is 98.1 Å². The van der Waals surface area contributed by atoms with E-state index in [1.54, 1.807) is 6.92 Å². The predicted octanol–water partition coefficient (Wildman–Crippen LogP) is 1.51. The standard InChI is InChI=1S/C5H11O9P3/c1-5(2)3-12-4-16(8,9)14-17(10,11)13-15(6)7/h1,3-4H2,2H3,(H2-,6,7,8,9,10,11)/p+1. The molecule has 0 heterocycles. The third-order valence-corrected chi connectivity index (χ3v) is 4.75. The van der Waals surface area contributed by atoms with Crippen LogP contribution >= 0.6 is 23.7 Å². The lowest BCUT2D eigenvalue weighted by Gasteiger charge is -2.12. The quantitative estimate of drug-likeness (QED) is 0.449. The summed E-state index contributed by atoms with van der Waals surface area (Å²) in [4.78, 5) is 26.1. The monoisotopic (exact) mass is 309 g/mol. The molecule has 3 atom stereocenters. The Morgan fingerprint density at radius 3 is 2.35 bits per heavy atom. The fourth-order valence-electron chi connectivity index (χ4n) is 0.623. The smallest absolute Gasteiger partial charge is 0.364 e. The second kappa shape index (κ2) is 6.85. The van der Waals surface area contributed by atoms with Crippen molar-refractivity contribution in [1.29, 1.82) is 0 Å². The largest absolute Gasteiger partial charge is 0.705 e. The molecule has 0 amide bonds. The average molecular weight is 309 g/mol. The Kier molecular flexibility index (Phi) is 6.87. The zero-order chi connectivity index (χ0) is 13.7. The molecule has 3 N–H and O–H groups in total. The van der Waals surface area contributed by atoms with Crippen molar-refractivity contribution in [2.24, 2.45) is 0 Å². The van der Waals surface area contributed by atoms with Gasteiger partial charge in [-0.2, -0.15) is 0 Å². The molecule has 100 valence electrons. The first-order valence-corrected chi connectivity index (χ1v) is 8.37. The van der Waals surface area contributed by atoms with Crippen LogP contribution in [0.15, 0.2) is 12.2 Å². The molecule has 0 radical (unpaired) electrons. The van der Waals surface area contributed by atoms with E-state index in [9.17, 15) is 13.7 Å². The van der Waals surface area contributed by atoms with Crippen LogP contribution in [-0.2, 0) is 27.1 Å². The van der Waals surface area contributed by atoms with Crippen molar-refractivity contribution in [3.63, 3.8) is 0 Å². The lowest BCUT2D eigenvalue weighted by atomic mass is 10.4. The van der Waals surface area contributed by atoms with Crippen LogP contribution in [0, 0.1) is 0 Å². The maximum Gasteiger partial charge on any atom is 0.705 e. The number of phosphoric acid groups is 1. The minimum absolute atomic E-state index is 0.0429. The summed E-state index contributed by atoms with van der Waals surface area (Å²) < 4.78 is 44.2. The summed E-state index contributed by atoms with van der Waals surface area (Å²) >= 11 is 0. The molecule has 9 nitrogen and oxygen atoms in total. The molecule has 12 heteroatoms. The zero-order valence-corrected chi connectivity index (χ0v) is 11.4. The molecule has 0 aromatic carbocycles. The number of hydrogen-bond acceptors (Lipinski definition) is 6. The van der Waals surface area contributed by atoms with Gasteiger partial charge < -0.3 is 9.63 Å². The lowest BCUT2D eigenvalue weighted by molar-refractivity contribution is 0.174. The zero-order valence-electron chi connectivity index (χ0n) is 8.75. The van der Waals surface area contributed by atoms with Crippen molar-refractivity contribution in [1.82, 2.24) is 0 Å². The van der Waals surface area contributed by atoms with Crippen LogP contribution in [0.4, 0.5) is 0 Å². The molecule has 0 aliphatic heterocycles. The minimum atomic E-state index is -5.08. The maximum atomic E-state index is 11.2. The van der Waals surface area contributed by atoms with Crippen LogP contribution in [0.25, 0.3) is 0 Å². The topological polar surface area (TPSA) is 140 Å². The van der Waals surface area contributed by atoms with Gasteiger partial charge in [0.1, 0.15) is 6.35 Å². The fourth-order valence-corrected chi connectivity index (χ4v) is 3.52. The SMILES string of the molecule is C=C(C)COCP(=O)(O)OP(=O)(O)O[P+](=O)O. The molecule has 0 aliphatic rings. The Morgan fingerprint density at radius 2 is 1.94 bits per heavy atom. The third-order valence-electron chi connectivity index (χ3n) is 1.01. The van der Waals surface area contributed by atoms with Gasteiger partial charge in [-0.1, -0.05) is 12.2 Å². The highest BCUT2D eigenvalue weighted by molar-refractivity contribution is 7.66. The van der Waals surface area contributed by atoms with E-state index in [0.717, 1.165) is 0 Å². The molecule has 0 saturated heterocycles. The molecule has 0 fully saturated rings. The van der Waals surface area contributed by atoms with Gasteiger partial charge in [0.15, 0.2) is 0 Å². The van der Waals surface area contributed by atoms with E-state index in [0.29, 0.717) is 5.57 Å². The van der Waals surface area contributed by atoms with Crippen molar-refractivity contribution in [3.8, 4) is 0 Å². The molecule has 0 aromatic rings. The summed E-state index contributed by atoms with van der Waals surface area (Å²) in [6.45, 7) is 5.00. The Balaban J connectivity index is 4.33. The van der Waals surface area contributed by atoms with Crippen LogP contribution in [0.5, 0.6) is 0 Å². The molecule has 0 saturated carbocycles. The predicted molar refractivity (Wildman–Crippen MR) is 57.3 cm³/mol. The van der Waals surface area contributed by atoms with Gasteiger partial charge in [-0.3, -0.25) is 9.46 Å². The molecule has 0 aliphatic carbocycles. The van der Waals surface area contributed by atoms with E-state index in [1.165, 1.54) is 0 Å². The van der Waals surface area contributed by atoms with E-state index >= 15 is 0 Å². The molecule has 3 unspecified atom stereocenters. The van der Waals surface area contributed by atoms with Gasteiger partial charge in [0.25, 0.3) is 0 Å². The second-order valence-corrected chi connectivity index (χ2v) is 7.19. The summed E-state index contributed by atoms with van der Waals surface area (Å²) in [5.41, 5.74) is 0.562. The molecular formula is C5H12O9P3+. The maximum absolute atomic E-state index is 11.2. The highest BCUT2D eigenvalue weighted by Gasteiger charge is 2.41. The summed E-state index contributed by atoms with van der Waals surface area (Å²) in [6.07, 6.45) is -0.879. The third kappa shape index (κ3) is 9.73. The van der Waals surface area contributed by atoms with Crippen LogP contribution in [0.2, 0.25) is 0 Å². The highest BCUT2D eigenvalue weighted by atomic mass is 31.3. The Hall–Kier alpha value is 0.0600. The first kappa shape index (κ1) is 17.1. The second-order valence-electron chi connectivity index (χ2n) is 2.94. The van der Waals surface area contributed by atoms with Crippen LogP contribution in [0.3, 0.4) is 0 Å². The number of ether oxygens (including phenoxy) is 1. The Morgan fingerprint density at radius 1 is 1.41 bits per heavy atom. The van der Waals surface area contributed by atoms with E-state index < -0.39 is 30.0 Å². The van der Waals surface area contributed by atoms with Gasteiger partial charge in [0, 0.05) is 4.57 Å². The van der Waals surface area contributed by atoms with Crippen LogP contribution < -0.4 is 0 Å². The van der Waals surface area contributed by atoms with E-state index in [2.05, 4.69) is 19.9 Å². The minimum Gasteiger partial charge on any atom is -0.364 e. The molecule has 0 rings (SSSR count). The summed E-state index contributed by atoms with van der Waals surface area (Å²) in [6, 6.07) is 0. The number of rotatable bonds is 8. The molecule has 0 bridgehead atoms. The highest BCUT2D eigenvalue weighted by Crippen LogP contribution is 2.62. The summed E-state index contributed by atoms with van der Waals surface area (Å²) in [5, 5.41) is 0. The molecule has 0 aromatic heterocycles. The van der Waals surface area contributed by atoms with Gasteiger partial charge in [-0.05, 0) is 11.2 Å². The average Bonchev–Trinajstić information content (AvgIpc) is 1.95. The van der Waals surface area contributed by atoms with Gasteiger partial charge in [0.2, 0.25) is 0 Å². The molecule has 17 heavy (non-hydrogen) atoms. The Bertz CT molecular complexity index is 390. The summed E-state index contributed by atoms with van der Waals surface area (Å²) in [5.74, 6) is 0. The first-order chi connectivity index (χ1) is 7.54. The van der Waals surface area contributed by atoms with Gasteiger partial charge in [-0.15, -0.1) is 4.89 Å². The molecular weight excluding hydrogens is 297 g/mol. The van der Waals surface area contributed by atoms with Crippen molar-refractivity contribution in [2.75, 3.05) is 13.0 Å². The fraction of sp³-hybridized carbons (Fsp3) is 0.600. The van der Waals surface area contributed by atoms with Crippen molar-refractivity contribution in [3.05, 3.63) is 12.2 Å². The van der Waals surface area contributed by atoms with E-state index in [1.807, 2.05) is 0 Å². The van der Waals surface area contributed by atoms with Gasteiger partial charge >= 0.3 is 23.7 Å². The van der Waals surface area contributed by atoms with Crippen molar-refractivity contribution >= 4 is 23.7 Å². The normalized spacial score (nSPS) is 19.2. The lowest BCUT2D eigenvalue weighted by Crippen LogP contribution is -2.01. The first-order valence-electron chi connectivity index (χ1n) is 3.98. The van der Waals surface area contributed by atoms with E-state index in [-0.39, 0.29) is 6.61 Å². The van der Waals surface area contributed by atoms with Crippen molar-refractivity contribution in [2.45, 2.75) is 6.92 Å². The van der Waals surface area contributed by atoms with Crippen LogP contribution in [0.1, 0.15) is 6.92 Å². The van der Waals surface area contributed by atoms with E-state index in [4.69, 9.17) is 14.7 Å². The van der Waals surface area contributed by atoms with Crippen LogP contribution in [-0.4, -0.2) is 27.6 Å². The molecule has 0 spiro atoms. The van der Waals surface area contributed by atoms with Gasteiger partial charge in [0.05, 0.1) is 6.61 Å². The van der Waals surface area contributed by atoms with Gasteiger partial charge in [-0.25, -0.2) is 8.88 Å². The summed E-state index contributed by atoms with van der Waals surface area (Å²) in [7, 11) is -13.1.